The lowest BCUT2D eigenvalue weighted by Crippen LogP contribution is -2.25. The number of anilines is 1. The van der Waals surface area contributed by atoms with E-state index < -0.39 is 0 Å². The van der Waals surface area contributed by atoms with Crippen LogP contribution in [-0.4, -0.2) is 25.1 Å². The van der Waals surface area contributed by atoms with Crippen molar-refractivity contribution < 1.29 is 0 Å². The lowest BCUT2D eigenvalue weighted by Gasteiger charge is -2.17. The number of nitrogens with zero attached hydrogens (tertiary/aromatic N) is 2. The van der Waals surface area contributed by atoms with Crippen molar-refractivity contribution in [3.63, 3.8) is 0 Å². The topological polar surface area (TPSA) is 42.1 Å². The Morgan fingerprint density at radius 2 is 2.36 bits per heavy atom. The molecule has 76 valence electrons. The van der Waals surface area contributed by atoms with Crippen LogP contribution in [0, 0.1) is 0 Å². The number of pyridine rings is 1. The van der Waals surface area contributed by atoms with Crippen LogP contribution in [0.25, 0.3) is 0 Å². The summed E-state index contributed by atoms with van der Waals surface area (Å²) < 4.78 is 0. The lowest BCUT2D eigenvalue weighted by molar-refractivity contribution is 0.863. The van der Waals surface area contributed by atoms with E-state index in [2.05, 4.69) is 22.0 Å². The number of rotatable bonds is 3. The fourth-order valence-electron chi connectivity index (χ4n) is 1.55. The van der Waals surface area contributed by atoms with Crippen LogP contribution in [0.3, 0.4) is 0 Å². The number of aromatic nitrogens is 1. The van der Waals surface area contributed by atoms with Gasteiger partial charge in [-0.3, -0.25) is 0 Å². The summed E-state index contributed by atoms with van der Waals surface area (Å²) in [6, 6.07) is 4.27. The van der Waals surface area contributed by atoms with Crippen molar-refractivity contribution in [2.45, 2.75) is 11.5 Å². The predicted octanol–water partition coefficient (Wildman–Crippen LogP) is 1.22. The monoisotopic (exact) mass is 209 g/mol. The molecule has 2 N–H and O–H groups in total. The van der Waals surface area contributed by atoms with Gasteiger partial charge in [0.15, 0.2) is 0 Å². The highest BCUT2D eigenvalue weighted by molar-refractivity contribution is 7.98. The highest BCUT2D eigenvalue weighted by Gasteiger charge is 2.13. The van der Waals surface area contributed by atoms with Crippen molar-refractivity contribution in [2.24, 2.45) is 5.73 Å². The molecule has 2 rings (SSSR count). The Morgan fingerprint density at radius 1 is 1.50 bits per heavy atom. The molecule has 1 aromatic heterocycles. The molecule has 0 saturated carbocycles. The van der Waals surface area contributed by atoms with Crippen LogP contribution in [0.4, 0.5) is 5.82 Å². The number of likely N-dealkylation sites (N-methyl/N-ethyl adjacent to an activating group) is 1. The standard InChI is InChI=1S/C10H15N3S/c1-13(5-4-11)10-3-2-8-6-14-7-9(8)12-10/h2-3H,4-7,11H2,1H3. The molecule has 2 heterocycles. The van der Waals surface area contributed by atoms with E-state index in [1.165, 1.54) is 11.3 Å². The first-order chi connectivity index (χ1) is 6.81. The number of nitrogens with two attached hydrogens (primary N) is 1. The molecule has 0 radical (unpaired) electrons. The van der Waals surface area contributed by atoms with Crippen LogP contribution in [0.5, 0.6) is 0 Å². The van der Waals surface area contributed by atoms with E-state index in [9.17, 15) is 0 Å². The van der Waals surface area contributed by atoms with Crippen molar-refractivity contribution in [3.05, 3.63) is 23.4 Å². The molecule has 3 nitrogen and oxygen atoms in total. The van der Waals surface area contributed by atoms with E-state index in [0.717, 1.165) is 23.9 Å². The molecule has 0 bridgehead atoms. The summed E-state index contributed by atoms with van der Waals surface area (Å²) in [6.45, 7) is 1.53. The molecule has 4 heteroatoms. The molecule has 0 unspecified atom stereocenters. The van der Waals surface area contributed by atoms with Crippen molar-refractivity contribution in [1.29, 1.82) is 0 Å². The second-order valence-corrected chi connectivity index (χ2v) is 4.46. The molecule has 0 saturated heterocycles. The van der Waals surface area contributed by atoms with Crippen LogP contribution in [0.15, 0.2) is 12.1 Å². The average molecular weight is 209 g/mol. The fraction of sp³-hybridized carbons (Fsp3) is 0.500. The Bertz CT molecular complexity index is 327. The van der Waals surface area contributed by atoms with Gasteiger partial charge in [0.05, 0.1) is 5.69 Å². The van der Waals surface area contributed by atoms with Crippen molar-refractivity contribution in [2.75, 3.05) is 25.0 Å². The van der Waals surface area contributed by atoms with E-state index in [4.69, 9.17) is 5.73 Å². The fourth-order valence-corrected chi connectivity index (χ4v) is 2.58. The smallest absolute Gasteiger partial charge is 0.128 e. The summed E-state index contributed by atoms with van der Waals surface area (Å²) in [4.78, 5) is 6.72. The van der Waals surface area contributed by atoms with Gasteiger partial charge >= 0.3 is 0 Å². The maximum Gasteiger partial charge on any atom is 0.128 e. The van der Waals surface area contributed by atoms with Crippen LogP contribution in [0.1, 0.15) is 11.3 Å². The quantitative estimate of drug-likeness (QED) is 0.813. The van der Waals surface area contributed by atoms with Gasteiger partial charge in [0, 0.05) is 31.6 Å². The molecule has 0 amide bonds. The Hall–Kier alpha value is -0.740. The second-order valence-electron chi connectivity index (χ2n) is 3.48. The summed E-state index contributed by atoms with van der Waals surface area (Å²) in [5.74, 6) is 3.21. The van der Waals surface area contributed by atoms with E-state index in [1.54, 1.807) is 0 Å². The van der Waals surface area contributed by atoms with Gasteiger partial charge in [0.25, 0.3) is 0 Å². The minimum atomic E-state index is 0.671. The van der Waals surface area contributed by atoms with E-state index in [1.807, 2.05) is 18.8 Å². The Labute approximate surface area is 88.7 Å². The van der Waals surface area contributed by atoms with Crippen LogP contribution >= 0.6 is 11.8 Å². The van der Waals surface area contributed by atoms with Crippen molar-refractivity contribution >= 4 is 17.6 Å². The van der Waals surface area contributed by atoms with Gasteiger partial charge < -0.3 is 10.6 Å². The molecule has 1 aromatic rings. The summed E-state index contributed by atoms with van der Waals surface area (Å²) in [7, 11) is 2.03. The van der Waals surface area contributed by atoms with E-state index in [-0.39, 0.29) is 0 Å². The van der Waals surface area contributed by atoms with Gasteiger partial charge in [-0.05, 0) is 11.6 Å². The van der Waals surface area contributed by atoms with E-state index >= 15 is 0 Å². The maximum absolute atomic E-state index is 5.51. The lowest BCUT2D eigenvalue weighted by atomic mass is 10.2. The molecule has 0 aliphatic carbocycles. The van der Waals surface area contributed by atoms with Crippen molar-refractivity contribution in [3.8, 4) is 0 Å². The highest BCUT2D eigenvalue weighted by atomic mass is 32.2. The zero-order valence-corrected chi connectivity index (χ0v) is 9.18. The molecular weight excluding hydrogens is 194 g/mol. The molecule has 1 aliphatic heterocycles. The first kappa shape index (κ1) is 9.80. The normalized spacial score (nSPS) is 14.1. The predicted molar refractivity (Wildman–Crippen MR) is 61.6 cm³/mol. The first-order valence-electron chi connectivity index (χ1n) is 4.79. The Kier molecular flexibility index (Phi) is 2.93. The molecule has 0 fully saturated rings. The van der Waals surface area contributed by atoms with Crippen LogP contribution < -0.4 is 10.6 Å². The zero-order chi connectivity index (χ0) is 9.97. The Morgan fingerprint density at radius 3 is 3.14 bits per heavy atom. The third kappa shape index (κ3) is 1.86. The summed E-state index contributed by atoms with van der Waals surface area (Å²) >= 11 is 1.93. The van der Waals surface area contributed by atoms with Gasteiger partial charge in [-0.1, -0.05) is 6.07 Å². The summed E-state index contributed by atoms with van der Waals surface area (Å²) in [6.07, 6.45) is 0. The number of fused-ring (bicyclic) bond motifs is 1. The molecule has 0 aromatic carbocycles. The van der Waals surface area contributed by atoms with Gasteiger partial charge in [-0.15, -0.1) is 0 Å². The molecular formula is C10H15N3S. The van der Waals surface area contributed by atoms with Gasteiger partial charge in [-0.2, -0.15) is 11.8 Å². The van der Waals surface area contributed by atoms with Gasteiger partial charge in [0.1, 0.15) is 5.82 Å². The highest BCUT2D eigenvalue weighted by Crippen LogP contribution is 2.29. The minimum absolute atomic E-state index is 0.671. The molecule has 14 heavy (non-hydrogen) atoms. The van der Waals surface area contributed by atoms with Crippen LogP contribution in [0.2, 0.25) is 0 Å². The van der Waals surface area contributed by atoms with Gasteiger partial charge in [-0.25, -0.2) is 4.98 Å². The van der Waals surface area contributed by atoms with E-state index in [0.29, 0.717) is 6.54 Å². The maximum atomic E-state index is 5.51. The summed E-state index contributed by atoms with van der Waals surface area (Å²) in [5.41, 5.74) is 8.14. The third-order valence-electron chi connectivity index (χ3n) is 2.41. The minimum Gasteiger partial charge on any atom is -0.358 e. The SMILES string of the molecule is CN(CCN)c1ccc2c(n1)CSC2. The molecule has 1 aliphatic rings. The first-order valence-corrected chi connectivity index (χ1v) is 5.94. The number of hydrogen-bond acceptors (Lipinski definition) is 4. The van der Waals surface area contributed by atoms with Crippen LogP contribution in [-0.2, 0) is 11.5 Å². The largest absolute Gasteiger partial charge is 0.358 e. The Balaban J connectivity index is 2.19. The van der Waals surface area contributed by atoms with Crippen molar-refractivity contribution in [1.82, 2.24) is 4.98 Å². The zero-order valence-electron chi connectivity index (χ0n) is 8.36. The second kappa shape index (κ2) is 4.19. The number of thioether (sulfide) groups is 1. The third-order valence-corrected chi connectivity index (χ3v) is 3.40. The molecule has 0 atom stereocenters. The number of hydrogen-bond donors (Lipinski definition) is 1. The molecule has 0 spiro atoms. The average Bonchev–Trinajstić information content (AvgIpc) is 2.64. The summed E-state index contributed by atoms with van der Waals surface area (Å²) in [5, 5.41) is 0. The van der Waals surface area contributed by atoms with Gasteiger partial charge in [0.2, 0.25) is 0 Å².